The molecule has 1 aromatic carbocycles. The molecule has 0 unspecified atom stereocenters. The van der Waals surface area contributed by atoms with Gasteiger partial charge in [-0.3, -0.25) is 9.59 Å². The van der Waals surface area contributed by atoms with Gasteiger partial charge in [0.1, 0.15) is 11.6 Å². The van der Waals surface area contributed by atoms with Gasteiger partial charge in [-0.15, -0.1) is 0 Å². The van der Waals surface area contributed by atoms with Crippen molar-refractivity contribution in [3.63, 3.8) is 0 Å². The van der Waals surface area contributed by atoms with E-state index in [0.29, 0.717) is 17.7 Å². The van der Waals surface area contributed by atoms with Crippen LogP contribution >= 0.6 is 0 Å². The molecule has 0 saturated heterocycles. The minimum Gasteiger partial charge on any atom is -0.508 e. The Hall–Kier alpha value is -3.22. The van der Waals surface area contributed by atoms with E-state index in [1.807, 2.05) is 33.3 Å². The van der Waals surface area contributed by atoms with Crippen molar-refractivity contribution in [1.29, 1.82) is 0 Å². The van der Waals surface area contributed by atoms with Crippen LogP contribution in [0.25, 0.3) is 0 Å². The first-order chi connectivity index (χ1) is 17.2. The minimum atomic E-state index is -3.97. The van der Waals surface area contributed by atoms with Gasteiger partial charge >= 0.3 is 0 Å². The smallest absolute Gasteiger partial charge is 0.243 e. The van der Waals surface area contributed by atoms with Crippen molar-refractivity contribution in [2.45, 2.75) is 25.3 Å². The maximum atomic E-state index is 13.0. The van der Waals surface area contributed by atoms with E-state index in [2.05, 4.69) is 20.1 Å². The summed E-state index contributed by atoms with van der Waals surface area (Å²) < 4.78 is 26.9. The fraction of sp³-hybridized carbons (Fsp3) is 0.480. The maximum Gasteiger partial charge on any atom is 0.243 e. The molecule has 2 aromatic rings. The Morgan fingerprint density at radius 1 is 1.00 bits per heavy atom. The number of aromatic hydroxyl groups is 1. The molecule has 0 fully saturated rings. The molecule has 1 aromatic heterocycles. The summed E-state index contributed by atoms with van der Waals surface area (Å²) in [5.41, 5.74) is 1.60. The number of pyridine rings is 1. The molecule has 0 aliphatic heterocycles. The van der Waals surface area contributed by atoms with Gasteiger partial charge in [0.15, 0.2) is 0 Å². The predicted octanol–water partition coefficient (Wildman–Crippen LogP) is 0.797. The largest absolute Gasteiger partial charge is 0.508 e. The van der Waals surface area contributed by atoms with Crippen molar-refractivity contribution in [3.8, 4) is 5.75 Å². The highest BCUT2D eigenvalue weighted by Crippen LogP contribution is 2.27. The van der Waals surface area contributed by atoms with E-state index in [1.165, 1.54) is 24.1 Å². The molecular weight excluding hydrogens is 496 g/mol. The summed E-state index contributed by atoms with van der Waals surface area (Å²) in [6, 6.07) is 6.52. The zero-order chi connectivity index (χ0) is 27.9. The Balaban J connectivity index is 1.88. The van der Waals surface area contributed by atoms with Gasteiger partial charge in [-0.25, -0.2) is 13.4 Å². The number of phenols is 1. The molecule has 37 heavy (non-hydrogen) atoms. The number of carbonyl (C=O) groups is 2. The molecule has 0 aliphatic carbocycles. The number of sulfonamides is 1. The average molecular weight is 535 g/mol. The quantitative estimate of drug-likeness (QED) is 0.410. The number of aryl methyl sites for hydroxylation is 2. The number of aromatic nitrogens is 1. The highest BCUT2D eigenvalue weighted by atomic mass is 32.2. The molecule has 0 saturated carbocycles. The van der Waals surface area contributed by atoms with Crippen LogP contribution in [0, 0.1) is 13.8 Å². The van der Waals surface area contributed by atoms with Gasteiger partial charge in [0, 0.05) is 47.0 Å². The number of hydrogen-bond acceptors (Lipinski definition) is 8. The van der Waals surface area contributed by atoms with Gasteiger partial charge in [0.25, 0.3) is 0 Å². The second-order valence-electron chi connectivity index (χ2n) is 9.45. The first-order valence-electron chi connectivity index (χ1n) is 11.8. The summed E-state index contributed by atoms with van der Waals surface area (Å²) >= 11 is 0. The number of carbonyl (C=O) groups excluding carboxylic acids is 2. The number of likely N-dealkylation sites (N-methyl/N-ethyl adjacent to an activating group) is 4. The summed E-state index contributed by atoms with van der Waals surface area (Å²) in [4.78, 5) is 35.0. The second-order valence-corrected chi connectivity index (χ2v) is 11.4. The van der Waals surface area contributed by atoms with Crippen molar-refractivity contribution in [2.75, 3.05) is 66.3 Å². The van der Waals surface area contributed by atoms with Crippen LogP contribution in [0.3, 0.4) is 0 Å². The van der Waals surface area contributed by atoms with E-state index in [0.717, 1.165) is 28.8 Å². The van der Waals surface area contributed by atoms with Crippen LogP contribution in [0.5, 0.6) is 5.75 Å². The molecule has 0 spiro atoms. The Kier molecular flexibility index (Phi) is 10.4. The van der Waals surface area contributed by atoms with E-state index < -0.39 is 22.5 Å². The van der Waals surface area contributed by atoms with Crippen molar-refractivity contribution < 1.29 is 23.1 Å². The lowest BCUT2D eigenvalue weighted by molar-refractivity contribution is -0.132. The molecule has 0 aliphatic rings. The lowest BCUT2D eigenvalue weighted by atomic mass is 10.1. The van der Waals surface area contributed by atoms with Crippen molar-refractivity contribution >= 4 is 27.7 Å². The highest BCUT2D eigenvalue weighted by Gasteiger charge is 2.27. The lowest BCUT2D eigenvalue weighted by Crippen LogP contribution is -2.43. The van der Waals surface area contributed by atoms with Crippen LogP contribution in [-0.4, -0.2) is 106 Å². The van der Waals surface area contributed by atoms with Gasteiger partial charge in [-0.05, 0) is 62.8 Å². The number of anilines is 1. The number of rotatable bonds is 12. The Labute approximate surface area is 219 Å². The van der Waals surface area contributed by atoms with Crippen LogP contribution < -0.4 is 10.2 Å². The fourth-order valence-corrected chi connectivity index (χ4v) is 5.24. The van der Waals surface area contributed by atoms with E-state index in [-0.39, 0.29) is 23.1 Å². The topological polar surface area (TPSA) is 126 Å². The van der Waals surface area contributed by atoms with Crippen LogP contribution in [0.4, 0.5) is 5.82 Å². The number of nitrogens with one attached hydrogen (secondary N) is 1. The molecule has 2 amide bonds. The first-order valence-corrected chi connectivity index (χ1v) is 13.2. The molecule has 0 radical (unpaired) electrons. The first kappa shape index (κ1) is 30.0. The monoisotopic (exact) mass is 534 g/mol. The van der Waals surface area contributed by atoms with Crippen LogP contribution in [0.15, 0.2) is 35.4 Å². The maximum absolute atomic E-state index is 13.0. The molecule has 2 rings (SSSR count). The Morgan fingerprint density at radius 3 is 2.16 bits per heavy atom. The van der Waals surface area contributed by atoms with Gasteiger partial charge in [-0.2, -0.15) is 4.31 Å². The van der Waals surface area contributed by atoms with E-state index in [1.54, 1.807) is 27.1 Å². The minimum absolute atomic E-state index is 0.0314. The number of hydrogen-bond donors (Lipinski definition) is 2. The number of amides is 2. The van der Waals surface area contributed by atoms with Gasteiger partial charge in [0.2, 0.25) is 21.8 Å². The van der Waals surface area contributed by atoms with Crippen LogP contribution in [0.1, 0.15) is 16.7 Å². The molecule has 11 nitrogen and oxygen atoms in total. The summed E-state index contributed by atoms with van der Waals surface area (Å²) in [5.74, 6) is -0.121. The van der Waals surface area contributed by atoms with E-state index >= 15 is 0 Å². The molecule has 12 heteroatoms. The van der Waals surface area contributed by atoms with Crippen molar-refractivity contribution in [3.05, 3.63) is 47.2 Å². The number of benzene rings is 1. The molecule has 204 valence electrons. The van der Waals surface area contributed by atoms with Gasteiger partial charge < -0.3 is 25.1 Å². The van der Waals surface area contributed by atoms with Crippen LogP contribution in [0.2, 0.25) is 0 Å². The standard InChI is InChI=1S/C25H38N6O5S/c1-18-12-21(32)13-19(2)25(18)37(35,36)31(7)17-23(33)27-15-24(34)30(6)16-20-8-9-22(26-14-20)29(5)11-10-28(3)4/h8-9,12-14,32H,10-11,15-17H2,1-7H3,(H,27,33). The summed E-state index contributed by atoms with van der Waals surface area (Å²) in [5, 5.41) is 12.2. The Bertz CT molecular complexity index is 1180. The second kappa shape index (κ2) is 12.8. The predicted molar refractivity (Wildman–Crippen MR) is 143 cm³/mol. The third-order valence-corrected chi connectivity index (χ3v) is 7.95. The molecular formula is C25H38N6O5S. The molecule has 0 bridgehead atoms. The normalized spacial score (nSPS) is 11.6. The van der Waals surface area contributed by atoms with Crippen molar-refractivity contribution in [1.82, 2.24) is 24.4 Å². The summed E-state index contributed by atoms with van der Waals surface area (Å²) in [6.45, 7) is 4.49. The average Bonchev–Trinajstić information content (AvgIpc) is 2.80. The molecule has 2 N–H and O–H groups in total. The SMILES string of the molecule is Cc1cc(O)cc(C)c1S(=O)(=O)N(C)CC(=O)NCC(=O)N(C)Cc1ccc(N(C)CCN(C)C)nc1. The van der Waals surface area contributed by atoms with Crippen molar-refractivity contribution in [2.24, 2.45) is 0 Å². The summed E-state index contributed by atoms with van der Waals surface area (Å²) in [7, 11) is 4.94. The summed E-state index contributed by atoms with van der Waals surface area (Å²) in [6.07, 6.45) is 1.72. The third kappa shape index (κ3) is 8.41. The zero-order valence-electron chi connectivity index (χ0n) is 22.6. The Morgan fingerprint density at radius 2 is 1.62 bits per heavy atom. The lowest BCUT2D eigenvalue weighted by Gasteiger charge is -2.22. The van der Waals surface area contributed by atoms with E-state index in [4.69, 9.17) is 0 Å². The number of phenolic OH excluding ortho intramolecular Hbond substituents is 1. The fourth-order valence-electron chi connectivity index (χ4n) is 3.71. The van der Waals surface area contributed by atoms with E-state index in [9.17, 15) is 23.1 Å². The van der Waals surface area contributed by atoms with Gasteiger partial charge in [0.05, 0.1) is 18.0 Å². The van der Waals surface area contributed by atoms with Crippen LogP contribution in [-0.2, 0) is 26.2 Å². The van der Waals surface area contributed by atoms with Gasteiger partial charge in [-0.1, -0.05) is 6.07 Å². The molecule has 1 heterocycles. The highest BCUT2D eigenvalue weighted by molar-refractivity contribution is 7.89. The zero-order valence-corrected chi connectivity index (χ0v) is 23.5. The third-order valence-electron chi connectivity index (χ3n) is 5.84. The number of nitrogens with zero attached hydrogens (tertiary/aromatic N) is 5. The molecule has 0 atom stereocenters.